The zero-order valence-corrected chi connectivity index (χ0v) is 11.7. The summed E-state index contributed by atoms with van der Waals surface area (Å²) in [5.74, 6) is -0.478. The van der Waals surface area contributed by atoms with Gasteiger partial charge in [0.25, 0.3) is 0 Å². The molecule has 0 aliphatic rings. The number of likely N-dealkylation sites (N-methyl/N-ethyl adjacent to an activating group) is 1. The second kappa shape index (κ2) is 5.89. The number of carbonyl (C=O) groups is 2. The normalized spacial score (nSPS) is 13.2. The average molecular weight is 245 g/mol. The summed E-state index contributed by atoms with van der Waals surface area (Å²) >= 11 is 0. The summed E-state index contributed by atoms with van der Waals surface area (Å²) < 4.78 is 9.89. The molecule has 5 nitrogen and oxygen atoms in total. The van der Waals surface area contributed by atoms with Crippen LogP contribution in [0, 0.1) is 5.92 Å². The number of ether oxygens (including phenoxy) is 2. The molecule has 0 aliphatic carbocycles. The van der Waals surface area contributed by atoms with Gasteiger partial charge in [0.05, 0.1) is 7.11 Å². The highest BCUT2D eigenvalue weighted by Gasteiger charge is 2.33. The van der Waals surface area contributed by atoms with Gasteiger partial charge in [0, 0.05) is 7.05 Å². The first-order valence-electron chi connectivity index (χ1n) is 5.63. The Morgan fingerprint density at radius 1 is 1.18 bits per heavy atom. The molecular weight excluding hydrogens is 222 g/mol. The molecule has 0 spiro atoms. The molecule has 0 aromatic rings. The van der Waals surface area contributed by atoms with Crippen LogP contribution >= 0.6 is 0 Å². The number of rotatable bonds is 3. The van der Waals surface area contributed by atoms with Crippen LogP contribution in [0.3, 0.4) is 0 Å². The Balaban J connectivity index is 4.79. The van der Waals surface area contributed by atoms with Crippen LogP contribution in [0.5, 0.6) is 0 Å². The van der Waals surface area contributed by atoms with Crippen LogP contribution in [-0.2, 0) is 14.3 Å². The van der Waals surface area contributed by atoms with Gasteiger partial charge in [0.15, 0.2) is 0 Å². The molecule has 17 heavy (non-hydrogen) atoms. The number of esters is 1. The Morgan fingerprint density at radius 2 is 1.65 bits per heavy atom. The molecule has 0 fully saturated rings. The van der Waals surface area contributed by atoms with Crippen molar-refractivity contribution in [2.24, 2.45) is 5.92 Å². The van der Waals surface area contributed by atoms with Gasteiger partial charge in [0.2, 0.25) is 0 Å². The SMILES string of the molecule is COC(=O)[C@H](C(C)C)N(C)C(=O)OC(C)(C)C. The standard InChI is InChI=1S/C12H23NO4/c1-8(2)9(10(14)16-7)13(6)11(15)17-12(3,4)5/h8-9H,1-7H3/t9-/m0/s1. The van der Waals surface area contributed by atoms with E-state index in [2.05, 4.69) is 4.74 Å². The highest BCUT2D eigenvalue weighted by molar-refractivity contribution is 5.81. The highest BCUT2D eigenvalue weighted by Crippen LogP contribution is 2.15. The minimum Gasteiger partial charge on any atom is -0.467 e. The number of hydrogen-bond donors (Lipinski definition) is 0. The monoisotopic (exact) mass is 245 g/mol. The van der Waals surface area contributed by atoms with Crippen LogP contribution in [0.15, 0.2) is 0 Å². The van der Waals surface area contributed by atoms with E-state index in [-0.39, 0.29) is 5.92 Å². The van der Waals surface area contributed by atoms with Gasteiger partial charge in [-0.1, -0.05) is 13.8 Å². The Bertz CT molecular complexity index is 281. The fourth-order valence-electron chi connectivity index (χ4n) is 1.45. The zero-order valence-electron chi connectivity index (χ0n) is 11.7. The highest BCUT2D eigenvalue weighted by atomic mass is 16.6. The van der Waals surface area contributed by atoms with Gasteiger partial charge < -0.3 is 9.47 Å². The minimum absolute atomic E-state index is 0.0417. The zero-order chi connectivity index (χ0) is 13.8. The van der Waals surface area contributed by atoms with Gasteiger partial charge >= 0.3 is 12.1 Å². The molecule has 0 saturated carbocycles. The van der Waals surface area contributed by atoms with E-state index in [9.17, 15) is 9.59 Å². The fraction of sp³-hybridized carbons (Fsp3) is 0.833. The van der Waals surface area contributed by atoms with Crippen LogP contribution < -0.4 is 0 Å². The number of nitrogens with zero attached hydrogens (tertiary/aromatic N) is 1. The lowest BCUT2D eigenvalue weighted by Gasteiger charge is -2.31. The van der Waals surface area contributed by atoms with Gasteiger partial charge in [-0.05, 0) is 26.7 Å². The first-order chi connectivity index (χ1) is 7.60. The van der Waals surface area contributed by atoms with Crippen molar-refractivity contribution in [3.8, 4) is 0 Å². The first kappa shape index (κ1) is 15.7. The molecule has 0 radical (unpaired) electrons. The summed E-state index contributed by atoms with van der Waals surface area (Å²) in [7, 11) is 2.84. The van der Waals surface area contributed by atoms with Gasteiger partial charge in [-0.3, -0.25) is 4.90 Å². The largest absolute Gasteiger partial charge is 0.467 e. The van der Waals surface area contributed by atoms with Gasteiger partial charge in [-0.25, -0.2) is 9.59 Å². The van der Waals surface area contributed by atoms with Crippen LogP contribution in [0.25, 0.3) is 0 Å². The number of amides is 1. The molecule has 1 atom stereocenters. The molecule has 0 aliphatic heterocycles. The van der Waals surface area contributed by atoms with E-state index in [0.29, 0.717) is 0 Å². The molecule has 0 bridgehead atoms. The van der Waals surface area contributed by atoms with Gasteiger partial charge in [-0.15, -0.1) is 0 Å². The Labute approximate surface area is 103 Å². The van der Waals surface area contributed by atoms with Crippen LogP contribution in [0.1, 0.15) is 34.6 Å². The molecule has 0 N–H and O–H groups in total. The summed E-state index contributed by atoms with van der Waals surface area (Å²) in [6.45, 7) is 9.04. The van der Waals surface area contributed by atoms with Crippen molar-refractivity contribution in [1.29, 1.82) is 0 Å². The summed E-state index contributed by atoms with van der Waals surface area (Å²) in [6, 6.07) is -0.630. The third-order valence-corrected chi connectivity index (χ3v) is 2.17. The van der Waals surface area contributed by atoms with Crippen LogP contribution in [0.2, 0.25) is 0 Å². The minimum atomic E-state index is -0.630. The van der Waals surface area contributed by atoms with Crippen molar-refractivity contribution in [3.05, 3.63) is 0 Å². The molecule has 0 heterocycles. The molecule has 0 rings (SSSR count). The first-order valence-corrected chi connectivity index (χ1v) is 5.63. The molecular formula is C12H23NO4. The number of methoxy groups -OCH3 is 1. The average Bonchev–Trinajstić information content (AvgIpc) is 2.14. The summed E-state index contributed by atoms with van der Waals surface area (Å²) in [5.41, 5.74) is -0.580. The maximum Gasteiger partial charge on any atom is 0.410 e. The summed E-state index contributed by atoms with van der Waals surface area (Å²) in [4.78, 5) is 24.7. The lowest BCUT2D eigenvalue weighted by molar-refractivity contribution is -0.148. The topological polar surface area (TPSA) is 55.8 Å². The summed E-state index contributed by atoms with van der Waals surface area (Å²) in [6.07, 6.45) is -0.526. The number of carbonyl (C=O) groups excluding carboxylic acids is 2. The molecule has 0 aromatic heterocycles. The Kier molecular flexibility index (Phi) is 5.45. The van der Waals surface area contributed by atoms with Gasteiger partial charge in [-0.2, -0.15) is 0 Å². The predicted octanol–water partition coefficient (Wildman–Crippen LogP) is 2.05. The summed E-state index contributed by atoms with van der Waals surface area (Å²) in [5, 5.41) is 0. The van der Waals surface area contributed by atoms with Gasteiger partial charge in [0.1, 0.15) is 11.6 Å². The molecule has 0 unspecified atom stereocenters. The third kappa shape index (κ3) is 5.06. The van der Waals surface area contributed by atoms with Crippen molar-refractivity contribution in [2.45, 2.75) is 46.3 Å². The van der Waals surface area contributed by atoms with Crippen molar-refractivity contribution in [2.75, 3.05) is 14.2 Å². The van der Waals surface area contributed by atoms with E-state index in [1.54, 1.807) is 20.8 Å². The smallest absolute Gasteiger partial charge is 0.410 e. The Morgan fingerprint density at radius 3 is 1.94 bits per heavy atom. The van der Waals surface area contributed by atoms with E-state index < -0.39 is 23.7 Å². The molecule has 5 heteroatoms. The lowest BCUT2D eigenvalue weighted by Crippen LogP contribution is -2.48. The molecule has 0 saturated heterocycles. The van der Waals surface area contributed by atoms with E-state index in [0.717, 1.165) is 0 Å². The van der Waals surface area contributed by atoms with E-state index in [1.807, 2.05) is 13.8 Å². The lowest BCUT2D eigenvalue weighted by atomic mass is 10.0. The quantitative estimate of drug-likeness (QED) is 0.714. The van der Waals surface area contributed by atoms with E-state index >= 15 is 0 Å². The second-order valence-electron chi connectivity index (χ2n) is 5.30. The maximum absolute atomic E-state index is 11.8. The van der Waals surface area contributed by atoms with Crippen LogP contribution in [0.4, 0.5) is 4.79 Å². The van der Waals surface area contributed by atoms with E-state index in [4.69, 9.17) is 4.74 Å². The Hall–Kier alpha value is -1.26. The van der Waals surface area contributed by atoms with E-state index in [1.165, 1.54) is 19.1 Å². The predicted molar refractivity (Wildman–Crippen MR) is 64.6 cm³/mol. The molecule has 1 amide bonds. The van der Waals surface area contributed by atoms with Crippen molar-refractivity contribution >= 4 is 12.1 Å². The fourth-order valence-corrected chi connectivity index (χ4v) is 1.45. The van der Waals surface area contributed by atoms with Crippen LogP contribution in [-0.4, -0.2) is 42.8 Å². The maximum atomic E-state index is 11.8. The molecule has 0 aromatic carbocycles. The second-order valence-corrected chi connectivity index (χ2v) is 5.30. The number of hydrogen-bond acceptors (Lipinski definition) is 4. The third-order valence-electron chi connectivity index (χ3n) is 2.17. The molecule has 100 valence electrons. The van der Waals surface area contributed by atoms with Crippen molar-refractivity contribution < 1.29 is 19.1 Å². The van der Waals surface area contributed by atoms with Crippen molar-refractivity contribution in [1.82, 2.24) is 4.90 Å². The van der Waals surface area contributed by atoms with Crippen molar-refractivity contribution in [3.63, 3.8) is 0 Å².